The van der Waals surface area contributed by atoms with Crippen molar-refractivity contribution in [1.82, 2.24) is 9.88 Å². The van der Waals surface area contributed by atoms with E-state index >= 15 is 0 Å². The van der Waals surface area contributed by atoms with Gasteiger partial charge < -0.3 is 24.0 Å². The Balaban J connectivity index is 1.28. The van der Waals surface area contributed by atoms with Crippen LogP contribution in [0, 0.1) is 5.41 Å². The summed E-state index contributed by atoms with van der Waals surface area (Å²) in [5.74, 6) is 1.06. The number of amides is 1. The van der Waals surface area contributed by atoms with E-state index in [1.165, 1.54) is 5.56 Å². The van der Waals surface area contributed by atoms with Gasteiger partial charge in [0, 0.05) is 31.4 Å². The lowest BCUT2D eigenvalue weighted by atomic mass is 9.71. The standard InChI is InChI=1S/C37H41N3O4/c1-36(2,3)44-35(41)39-22-20-37(21-23-39)24-30-16-10-11-17-31(30)40(27-37)32-18-19-33(42-25-28-12-6-4-7-13-28)38-34(32)43-26-29-14-8-5-9-15-29/h4-19H,20-27H2,1-3H3. The zero-order valence-electron chi connectivity index (χ0n) is 25.9. The van der Waals surface area contributed by atoms with Crippen molar-refractivity contribution in [3.05, 3.63) is 114 Å². The van der Waals surface area contributed by atoms with E-state index in [-0.39, 0.29) is 11.5 Å². The van der Waals surface area contributed by atoms with Crippen LogP contribution in [0.1, 0.15) is 50.3 Å². The minimum Gasteiger partial charge on any atom is -0.473 e. The van der Waals surface area contributed by atoms with Gasteiger partial charge >= 0.3 is 6.09 Å². The molecular weight excluding hydrogens is 550 g/mol. The highest BCUT2D eigenvalue weighted by Crippen LogP contribution is 2.48. The monoisotopic (exact) mass is 591 g/mol. The van der Waals surface area contributed by atoms with Crippen LogP contribution in [0.3, 0.4) is 0 Å². The highest BCUT2D eigenvalue weighted by Gasteiger charge is 2.43. The molecule has 0 atom stereocenters. The van der Waals surface area contributed by atoms with Gasteiger partial charge in [-0.15, -0.1) is 0 Å². The topological polar surface area (TPSA) is 64.1 Å². The Hall–Kier alpha value is -4.52. The van der Waals surface area contributed by atoms with E-state index in [2.05, 4.69) is 47.4 Å². The molecule has 44 heavy (non-hydrogen) atoms. The first-order valence-electron chi connectivity index (χ1n) is 15.4. The van der Waals surface area contributed by atoms with Gasteiger partial charge in [0.2, 0.25) is 11.8 Å². The highest BCUT2D eigenvalue weighted by molar-refractivity contribution is 5.72. The third-order valence-electron chi connectivity index (χ3n) is 8.37. The van der Waals surface area contributed by atoms with E-state index in [4.69, 9.17) is 19.2 Å². The molecule has 3 heterocycles. The summed E-state index contributed by atoms with van der Waals surface area (Å²) in [5.41, 5.74) is 5.02. The van der Waals surface area contributed by atoms with E-state index < -0.39 is 5.60 Å². The fourth-order valence-corrected chi connectivity index (χ4v) is 6.11. The fourth-order valence-electron chi connectivity index (χ4n) is 6.11. The van der Waals surface area contributed by atoms with Crippen LogP contribution in [-0.4, -0.2) is 41.2 Å². The van der Waals surface area contributed by atoms with Gasteiger partial charge in [-0.3, -0.25) is 0 Å². The smallest absolute Gasteiger partial charge is 0.410 e. The molecule has 2 aliphatic heterocycles. The van der Waals surface area contributed by atoms with Crippen LogP contribution in [0.4, 0.5) is 16.2 Å². The van der Waals surface area contributed by atoms with Crippen molar-refractivity contribution in [1.29, 1.82) is 0 Å². The van der Waals surface area contributed by atoms with Crippen LogP contribution in [0.5, 0.6) is 11.8 Å². The molecule has 2 aliphatic rings. The summed E-state index contributed by atoms with van der Waals surface area (Å²) in [6, 6.07) is 32.8. The third-order valence-corrected chi connectivity index (χ3v) is 8.37. The molecule has 0 unspecified atom stereocenters. The molecule has 3 aromatic carbocycles. The number of aromatic nitrogens is 1. The maximum absolute atomic E-state index is 12.8. The molecule has 1 aromatic heterocycles. The average Bonchev–Trinajstić information content (AvgIpc) is 3.03. The number of benzene rings is 3. The summed E-state index contributed by atoms with van der Waals surface area (Å²) in [6.45, 7) is 8.71. The zero-order chi connectivity index (χ0) is 30.6. The van der Waals surface area contributed by atoms with Gasteiger partial charge in [-0.1, -0.05) is 78.9 Å². The lowest BCUT2D eigenvalue weighted by Gasteiger charge is -2.48. The molecule has 1 amide bonds. The van der Waals surface area contributed by atoms with Crippen LogP contribution in [0.25, 0.3) is 0 Å². The molecule has 0 radical (unpaired) electrons. The lowest BCUT2D eigenvalue weighted by molar-refractivity contribution is 0.0105. The van der Waals surface area contributed by atoms with Gasteiger partial charge in [-0.05, 0) is 74.3 Å². The number of carbonyl (C=O) groups excluding carboxylic acids is 1. The van der Waals surface area contributed by atoms with Crippen molar-refractivity contribution >= 4 is 17.5 Å². The number of nitrogens with zero attached hydrogens (tertiary/aromatic N) is 3. The summed E-state index contributed by atoms with van der Waals surface area (Å²) < 4.78 is 18.2. The Bertz CT molecular complexity index is 1560. The van der Waals surface area contributed by atoms with Gasteiger partial charge in [0.05, 0.1) is 0 Å². The zero-order valence-corrected chi connectivity index (χ0v) is 25.9. The summed E-state index contributed by atoms with van der Waals surface area (Å²) in [7, 11) is 0. The summed E-state index contributed by atoms with van der Waals surface area (Å²) in [4.78, 5) is 21.9. The maximum atomic E-state index is 12.8. The van der Waals surface area contributed by atoms with E-state index in [1.807, 2.05) is 80.3 Å². The van der Waals surface area contributed by atoms with Crippen LogP contribution in [0.2, 0.25) is 0 Å². The first-order chi connectivity index (χ1) is 21.3. The molecule has 0 saturated carbocycles. The molecule has 1 saturated heterocycles. The number of carbonyl (C=O) groups is 1. The predicted octanol–water partition coefficient (Wildman–Crippen LogP) is 7.95. The van der Waals surface area contributed by atoms with Gasteiger partial charge in [-0.2, -0.15) is 4.98 Å². The largest absolute Gasteiger partial charge is 0.473 e. The van der Waals surface area contributed by atoms with Crippen molar-refractivity contribution < 1.29 is 19.0 Å². The highest BCUT2D eigenvalue weighted by atomic mass is 16.6. The van der Waals surface area contributed by atoms with Crippen molar-refractivity contribution in [3.8, 4) is 11.8 Å². The average molecular weight is 592 g/mol. The molecular formula is C37H41N3O4. The number of rotatable bonds is 7. The molecule has 228 valence electrons. The molecule has 7 nitrogen and oxygen atoms in total. The number of hydrogen-bond acceptors (Lipinski definition) is 6. The number of piperidine rings is 1. The number of anilines is 2. The van der Waals surface area contributed by atoms with Gasteiger partial charge in [0.1, 0.15) is 24.5 Å². The normalized spacial score (nSPS) is 15.9. The number of hydrogen-bond donors (Lipinski definition) is 0. The molecule has 7 heteroatoms. The Morgan fingerprint density at radius 3 is 2.05 bits per heavy atom. The predicted molar refractivity (Wildman–Crippen MR) is 172 cm³/mol. The Kier molecular flexibility index (Phi) is 8.47. The third kappa shape index (κ3) is 6.99. The number of fused-ring (bicyclic) bond motifs is 1. The van der Waals surface area contributed by atoms with Crippen LogP contribution in [-0.2, 0) is 24.4 Å². The second-order valence-electron chi connectivity index (χ2n) is 12.9. The van der Waals surface area contributed by atoms with Crippen LogP contribution < -0.4 is 14.4 Å². The van der Waals surface area contributed by atoms with E-state index in [9.17, 15) is 4.79 Å². The van der Waals surface area contributed by atoms with Gasteiger partial charge in [0.25, 0.3) is 0 Å². The first-order valence-corrected chi connectivity index (χ1v) is 15.4. The second kappa shape index (κ2) is 12.6. The first kappa shape index (κ1) is 29.5. The SMILES string of the molecule is CC(C)(C)OC(=O)N1CCC2(CC1)Cc1ccccc1N(c1ccc(OCc3ccccc3)nc1OCc1ccccc1)C2. The number of para-hydroxylation sites is 1. The van der Waals surface area contributed by atoms with Crippen molar-refractivity contribution in [2.24, 2.45) is 5.41 Å². The maximum Gasteiger partial charge on any atom is 0.410 e. The lowest BCUT2D eigenvalue weighted by Crippen LogP contribution is -2.51. The van der Waals surface area contributed by atoms with Gasteiger partial charge in [0.15, 0.2) is 0 Å². The summed E-state index contributed by atoms with van der Waals surface area (Å²) in [5, 5.41) is 0. The van der Waals surface area contributed by atoms with E-state index in [1.54, 1.807) is 0 Å². The molecule has 4 aromatic rings. The summed E-state index contributed by atoms with van der Waals surface area (Å²) in [6.07, 6.45) is 2.52. The minimum absolute atomic E-state index is 0.00600. The Labute approximate surface area is 260 Å². The Morgan fingerprint density at radius 1 is 0.773 bits per heavy atom. The second-order valence-corrected chi connectivity index (χ2v) is 12.9. The number of pyridine rings is 1. The molecule has 0 N–H and O–H groups in total. The van der Waals surface area contributed by atoms with Gasteiger partial charge in [-0.25, -0.2) is 4.79 Å². The fraction of sp³-hybridized carbons (Fsp3) is 0.351. The van der Waals surface area contributed by atoms with Crippen molar-refractivity contribution in [2.45, 2.75) is 58.8 Å². The molecule has 1 spiro atoms. The van der Waals surface area contributed by atoms with Crippen molar-refractivity contribution in [3.63, 3.8) is 0 Å². The minimum atomic E-state index is -0.507. The molecule has 6 rings (SSSR count). The number of ether oxygens (including phenoxy) is 3. The molecule has 0 bridgehead atoms. The van der Waals surface area contributed by atoms with E-state index in [0.29, 0.717) is 38.1 Å². The van der Waals surface area contributed by atoms with Crippen molar-refractivity contribution in [2.75, 3.05) is 24.5 Å². The molecule has 0 aliphatic carbocycles. The Morgan fingerprint density at radius 2 is 1.39 bits per heavy atom. The molecule has 1 fully saturated rings. The quantitative estimate of drug-likeness (QED) is 0.217. The summed E-state index contributed by atoms with van der Waals surface area (Å²) >= 11 is 0. The van der Waals surface area contributed by atoms with E-state index in [0.717, 1.165) is 48.3 Å². The van der Waals surface area contributed by atoms with Crippen LogP contribution >= 0.6 is 0 Å². The van der Waals surface area contributed by atoms with Crippen LogP contribution in [0.15, 0.2) is 97.1 Å². The number of likely N-dealkylation sites (tertiary alicyclic amines) is 1.